The number of aliphatic hydroxyl groups is 1. The molecule has 0 bridgehead atoms. The molecule has 1 aliphatic heterocycles. The Morgan fingerprint density at radius 3 is 2.74 bits per heavy atom. The van der Waals surface area contributed by atoms with Crippen molar-refractivity contribution in [1.82, 2.24) is 4.90 Å². The number of carbonyl (C=O) groups is 2. The van der Waals surface area contributed by atoms with Crippen molar-refractivity contribution >= 4 is 17.5 Å². The van der Waals surface area contributed by atoms with E-state index < -0.39 is 6.10 Å². The zero-order valence-electron chi connectivity index (χ0n) is 10.7. The number of piperazine rings is 1. The average molecular weight is 263 g/mol. The number of aliphatic hydroxyl groups excluding tert-OH is 1. The molecule has 102 valence electrons. The van der Waals surface area contributed by atoms with E-state index in [-0.39, 0.29) is 31.4 Å². The van der Waals surface area contributed by atoms with Crippen LogP contribution in [0.5, 0.6) is 0 Å². The number of carbonyl (C=O) groups excluding carboxylic acids is 2. The van der Waals surface area contributed by atoms with Crippen molar-refractivity contribution in [3.8, 4) is 0 Å². The van der Waals surface area contributed by atoms with Gasteiger partial charge in [-0.25, -0.2) is 0 Å². The SMILES string of the molecule is CN1CC(=O)N(c2cccc(C(O)CN)c2)CC1=O. The van der Waals surface area contributed by atoms with Gasteiger partial charge < -0.3 is 20.6 Å². The van der Waals surface area contributed by atoms with Crippen molar-refractivity contribution in [1.29, 1.82) is 0 Å². The minimum absolute atomic E-state index is 0.0253. The van der Waals surface area contributed by atoms with Crippen molar-refractivity contribution in [3.63, 3.8) is 0 Å². The molecular weight excluding hydrogens is 246 g/mol. The molecule has 3 N–H and O–H groups in total. The summed E-state index contributed by atoms with van der Waals surface area (Å²) in [7, 11) is 1.60. The Morgan fingerprint density at radius 2 is 2.05 bits per heavy atom. The Hall–Kier alpha value is -1.92. The fourth-order valence-electron chi connectivity index (χ4n) is 1.99. The van der Waals surface area contributed by atoms with E-state index in [2.05, 4.69) is 0 Å². The largest absolute Gasteiger partial charge is 0.387 e. The van der Waals surface area contributed by atoms with Gasteiger partial charge in [-0.3, -0.25) is 9.59 Å². The van der Waals surface area contributed by atoms with Gasteiger partial charge in [0, 0.05) is 19.3 Å². The van der Waals surface area contributed by atoms with Gasteiger partial charge in [-0.1, -0.05) is 12.1 Å². The third kappa shape index (κ3) is 2.74. The van der Waals surface area contributed by atoms with Crippen LogP contribution in [0.25, 0.3) is 0 Å². The Balaban J connectivity index is 2.26. The lowest BCUT2D eigenvalue weighted by atomic mass is 10.1. The summed E-state index contributed by atoms with van der Waals surface area (Å²) in [4.78, 5) is 26.4. The fraction of sp³-hybridized carbons (Fsp3) is 0.385. The number of anilines is 1. The van der Waals surface area contributed by atoms with Crippen molar-refractivity contribution in [2.24, 2.45) is 5.73 Å². The molecule has 0 spiro atoms. The predicted octanol–water partition coefficient (Wildman–Crippen LogP) is -0.516. The molecule has 2 rings (SSSR count). The van der Waals surface area contributed by atoms with Gasteiger partial charge in [-0.15, -0.1) is 0 Å². The zero-order chi connectivity index (χ0) is 14.0. The first-order chi connectivity index (χ1) is 9.02. The molecule has 6 nitrogen and oxygen atoms in total. The quantitative estimate of drug-likeness (QED) is 0.768. The monoisotopic (exact) mass is 263 g/mol. The molecule has 6 heteroatoms. The standard InChI is InChI=1S/C13H17N3O3/c1-15-7-13(19)16(8-12(15)18)10-4-2-3-9(5-10)11(17)6-14/h2-5,11,17H,6-8,14H2,1H3. The minimum atomic E-state index is -0.766. The van der Waals surface area contributed by atoms with Crippen molar-refractivity contribution in [3.05, 3.63) is 29.8 Å². The summed E-state index contributed by atoms with van der Waals surface area (Å²) in [6.07, 6.45) is -0.766. The molecule has 1 unspecified atom stereocenters. The van der Waals surface area contributed by atoms with Crippen LogP contribution in [0, 0.1) is 0 Å². The molecule has 1 saturated heterocycles. The minimum Gasteiger partial charge on any atom is -0.387 e. The molecule has 1 heterocycles. The van der Waals surface area contributed by atoms with Crippen molar-refractivity contribution < 1.29 is 14.7 Å². The third-order valence-electron chi connectivity index (χ3n) is 3.18. The number of amides is 2. The summed E-state index contributed by atoms with van der Waals surface area (Å²) < 4.78 is 0. The smallest absolute Gasteiger partial charge is 0.247 e. The Bertz CT molecular complexity index is 504. The van der Waals surface area contributed by atoms with E-state index in [0.29, 0.717) is 11.3 Å². The lowest BCUT2D eigenvalue weighted by molar-refractivity contribution is -0.136. The molecule has 1 atom stereocenters. The topological polar surface area (TPSA) is 86.9 Å². The lowest BCUT2D eigenvalue weighted by Gasteiger charge is -2.32. The fourth-order valence-corrected chi connectivity index (χ4v) is 1.99. The molecule has 1 aromatic rings. The highest BCUT2D eigenvalue weighted by atomic mass is 16.3. The van der Waals surface area contributed by atoms with Crippen LogP contribution in [-0.2, 0) is 9.59 Å². The van der Waals surface area contributed by atoms with Gasteiger partial charge in [0.15, 0.2) is 0 Å². The molecule has 0 aliphatic carbocycles. The number of hydrogen-bond acceptors (Lipinski definition) is 4. The predicted molar refractivity (Wildman–Crippen MR) is 70.4 cm³/mol. The van der Waals surface area contributed by atoms with Crippen molar-refractivity contribution in [2.75, 3.05) is 31.6 Å². The van der Waals surface area contributed by atoms with Crippen LogP contribution in [0.1, 0.15) is 11.7 Å². The van der Waals surface area contributed by atoms with Crippen LogP contribution >= 0.6 is 0 Å². The second kappa shape index (κ2) is 5.38. The van der Waals surface area contributed by atoms with Gasteiger partial charge in [0.2, 0.25) is 11.8 Å². The van der Waals surface area contributed by atoms with Crippen LogP contribution in [-0.4, -0.2) is 48.5 Å². The maximum atomic E-state index is 11.9. The van der Waals surface area contributed by atoms with E-state index in [9.17, 15) is 14.7 Å². The molecule has 19 heavy (non-hydrogen) atoms. The van der Waals surface area contributed by atoms with Gasteiger partial charge in [0.1, 0.15) is 6.54 Å². The number of likely N-dealkylation sites (N-methyl/N-ethyl adjacent to an activating group) is 1. The molecule has 0 saturated carbocycles. The van der Waals surface area contributed by atoms with Gasteiger partial charge in [0.25, 0.3) is 0 Å². The molecule has 1 fully saturated rings. The highest BCUT2D eigenvalue weighted by Gasteiger charge is 2.28. The van der Waals surface area contributed by atoms with Gasteiger partial charge >= 0.3 is 0 Å². The summed E-state index contributed by atoms with van der Waals surface area (Å²) in [5.41, 5.74) is 6.65. The normalized spacial score (nSPS) is 17.8. The van der Waals surface area contributed by atoms with Gasteiger partial charge in [-0.05, 0) is 17.7 Å². The van der Waals surface area contributed by atoms with Crippen LogP contribution in [0.3, 0.4) is 0 Å². The molecule has 0 radical (unpaired) electrons. The zero-order valence-corrected chi connectivity index (χ0v) is 10.7. The summed E-state index contributed by atoms with van der Waals surface area (Å²) in [6.45, 7) is 0.207. The first-order valence-electron chi connectivity index (χ1n) is 6.05. The van der Waals surface area contributed by atoms with Gasteiger partial charge in [-0.2, -0.15) is 0 Å². The molecule has 2 amide bonds. The van der Waals surface area contributed by atoms with E-state index in [4.69, 9.17) is 5.73 Å². The van der Waals surface area contributed by atoms with Crippen LogP contribution < -0.4 is 10.6 Å². The summed E-state index contributed by atoms with van der Waals surface area (Å²) >= 11 is 0. The van der Waals surface area contributed by atoms with E-state index in [1.807, 2.05) is 0 Å². The average Bonchev–Trinajstić information content (AvgIpc) is 2.42. The van der Waals surface area contributed by atoms with E-state index >= 15 is 0 Å². The maximum Gasteiger partial charge on any atom is 0.247 e. The molecule has 1 aromatic carbocycles. The van der Waals surface area contributed by atoms with E-state index in [1.54, 1.807) is 31.3 Å². The van der Waals surface area contributed by atoms with Crippen molar-refractivity contribution in [2.45, 2.75) is 6.10 Å². The van der Waals surface area contributed by atoms with Gasteiger partial charge in [0.05, 0.1) is 12.6 Å². The summed E-state index contributed by atoms with van der Waals surface area (Å²) in [6, 6.07) is 6.90. The number of nitrogens with zero attached hydrogens (tertiary/aromatic N) is 2. The van der Waals surface area contributed by atoms with Crippen LogP contribution in [0.2, 0.25) is 0 Å². The number of benzene rings is 1. The Labute approximate surface area is 111 Å². The number of hydrogen-bond donors (Lipinski definition) is 2. The molecular formula is C13H17N3O3. The lowest BCUT2D eigenvalue weighted by Crippen LogP contribution is -2.52. The number of nitrogens with two attached hydrogens (primary N) is 1. The Kier molecular flexibility index (Phi) is 3.82. The van der Waals surface area contributed by atoms with Crippen LogP contribution in [0.15, 0.2) is 24.3 Å². The van der Waals surface area contributed by atoms with E-state index in [1.165, 1.54) is 9.80 Å². The highest BCUT2D eigenvalue weighted by Crippen LogP contribution is 2.22. The first-order valence-corrected chi connectivity index (χ1v) is 6.05. The summed E-state index contributed by atoms with van der Waals surface area (Å²) in [5, 5.41) is 9.71. The first kappa shape index (κ1) is 13.5. The maximum absolute atomic E-state index is 11.9. The third-order valence-corrected chi connectivity index (χ3v) is 3.18. The van der Waals surface area contributed by atoms with E-state index in [0.717, 1.165) is 0 Å². The second-order valence-electron chi connectivity index (χ2n) is 4.58. The number of rotatable bonds is 3. The summed E-state index contributed by atoms with van der Waals surface area (Å²) in [5.74, 6) is -0.245. The molecule has 1 aliphatic rings. The van der Waals surface area contributed by atoms with Crippen LogP contribution in [0.4, 0.5) is 5.69 Å². The Morgan fingerprint density at radius 1 is 1.32 bits per heavy atom. The highest BCUT2D eigenvalue weighted by molar-refractivity contribution is 6.04. The second-order valence-corrected chi connectivity index (χ2v) is 4.58. The molecule has 0 aromatic heterocycles.